The first-order valence-corrected chi connectivity index (χ1v) is 6.86. The topological polar surface area (TPSA) is 89.9 Å². The van der Waals surface area contributed by atoms with Crippen molar-refractivity contribution in [3.63, 3.8) is 0 Å². The smallest absolute Gasteiger partial charge is 0.326 e. The summed E-state index contributed by atoms with van der Waals surface area (Å²) in [6, 6.07) is -1.09. The quantitative estimate of drug-likeness (QED) is 0.616. The van der Waals surface area contributed by atoms with Crippen molar-refractivity contribution < 1.29 is 19.8 Å². The Morgan fingerprint density at radius 2 is 1.95 bits per heavy atom. The molecule has 2 amide bonds. The largest absolute Gasteiger partial charge is 0.480 e. The van der Waals surface area contributed by atoms with Crippen LogP contribution < -0.4 is 5.32 Å². The zero-order valence-electron chi connectivity index (χ0n) is 11.6. The van der Waals surface area contributed by atoms with E-state index in [2.05, 4.69) is 19.2 Å². The van der Waals surface area contributed by atoms with Crippen LogP contribution in [-0.4, -0.2) is 52.3 Å². The molecule has 1 atom stereocenters. The van der Waals surface area contributed by atoms with Crippen molar-refractivity contribution in [2.45, 2.75) is 51.6 Å². The van der Waals surface area contributed by atoms with E-state index in [1.165, 1.54) is 0 Å². The molecule has 6 nitrogen and oxygen atoms in total. The Balaban J connectivity index is 2.53. The lowest BCUT2D eigenvalue weighted by atomic mass is 10.1. The number of carbonyl (C=O) groups is 2. The van der Waals surface area contributed by atoms with E-state index in [0.717, 1.165) is 19.3 Å². The molecule has 19 heavy (non-hydrogen) atoms. The summed E-state index contributed by atoms with van der Waals surface area (Å²) in [5, 5.41) is 20.3. The molecule has 1 rings (SSSR count). The van der Waals surface area contributed by atoms with Gasteiger partial charge in [-0.3, -0.25) is 0 Å². The number of carboxylic acids is 1. The number of hydrogen-bond donors (Lipinski definition) is 3. The number of aliphatic hydroxyl groups excluding tert-OH is 1. The molecule has 0 radical (unpaired) electrons. The van der Waals surface area contributed by atoms with Crippen molar-refractivity contribution >= 4 is 12.0 Å². The van der Waals surface area contributed by atoms with Gasteiger partial charge in [0, 0.05) is 25.6 Å². The summed E-state index contributed by atoms with van der Waals surface area (Å²) in [5.41, 5.74) is 0. The molecule has 1 fully saturated rings. The number of amides is 2. The van der Waals surface area contributed by atoms with Crippen LogP contribution in [0.2, 0.25) is 0 Å². The van der Waals surface area contributed by atoms with E-state index in [1.54, 1.807) is 4.90 Å². The Kier molecular flexibility index (Phi) is 6.08. The van der Waals surface area contributed by atoms with Crippen LogP contribution in [0.3, 0.4) is 0 Å². The van der Waals surface area contributed by atoms with Gasteiger partial charge in [0.15, 0.2) is 0 Å². The molecule has 1 aliphatic rings. The number of hydrogen-bond acceptors (Lipinski definition) is 3. The Hall–Kier alpha value is -1.30. The van der Waals surface area contributed by atoms with Gasteiger partial charge in [0.2, 0.25) is 0 Å². The van der Waals surface area contributed by atoms with Crippen LogP contribution in [0, 0.1) is 5.92 Å². The predicted molar refractivity (Wildman–Crippen MR) is 70.8 cm³/mol. The van der Waals surface area contributed by atoms with E-state index >= 15 is 0 Å². The number of aliphatic carboxylic acids is 1. The minimum atomic E-state index is -1.11. The van der Waals surface area contributed by atoms with Crippen molar-refractivity contribution in [2.24, 2.45) is 5.92 Å². The highest BCUT2D eigenvalue weighted by Gasteiger charge is 2.33. The highest BCUT2D eigenvalue weighted by molar-refractivity contribution is 5.82. The van der Waals surface area contributed by atoms with Crippen molar-refractivity contribution in [3.8, 4) is 0 Å². The minimum absolute atomic E-state index is 0.0315. The SMILES string of the molecule is CC(C)CCN(C(=O)N[C@@H](CCO)C(=O)O)C1CC1. The molecular weight excluding hydrogens is 248 g/mol. The van der Waals surface area contributed by atoms with Gasteiger partial charge >= 0.3 is 12.0 Å². The highest BCUT2D eigenvalue weighted by atomic mass is 16.4. The van der Waals surface area contributed by atoms with Gasteiger partial charge in [-0.2, -0.15) is 0 Å². The zero-order chi connectivity index (χ0) is 14.4. The number of nitrogens with zero attached hydrogens (tertiary/aromatic N) is 1. The van der Waals surface area contributed by atoms with E-state index in [0.29, 0.717) is 12.5 Å². The lowest BCUT2D eigenvalue weighted by Gasteiger charge is -2.25. The maximum absolute atomic E-state index is 12.1. The average molecular weight is 272 g/mol. The second-order valence-electron chi connectivity index (χ2n) is 5.46. The van der Waals surface area contributed by atoms with E-state index in [9.17, 15) is 9.59 Å². The molecule has 0 aromatic heterocycles. The Morgan fingerprint density at radius 1 is 1.32 bits per heavy atom. The lowest BCUT2D eigenvalue weighted by Crippen LogP contribution is -2.49. The van der Waals surface area contributed by atoms with Gasteiger partial charge in [-0.25, -0.2) is 9.59 Å². The van der Waals surface area contributed by atoms with E-state index < -0.39 is 12.0 Å². The van der Waals surface area contributed by atoms with E-state index in [4.69, 9.17) is 10.2 Å². The molecule has 1 saturated carbocycles. The fourth-order valence-corrected chi connectivity index (χ4v) is 1.85. The van der Waals surface area contributed by atoms with Crippen molar-refractivity contribution in [2.75, 3.05) is 13.2 Å². The Morgan fingerprint density at radius 3 is 2.37 bits per heavy atom. The van der Waals surface area contributed by atoms with Gasteiger partial charge in [0.05, 0.1) is 0 Å². The second-order valence-corrected chi connectivity index (χ2v) is 5.46. The van der Waals surface area contributed by atoms with Crippen molar-refractivity contribution in [3.05, 3.63) is 0 Å². The third-order valence-electron chi connectivity index (χ3n) is 3.21. The van der Waals surface area contributed by atoms with Crippen LogP contribution in [0.25, 0.3) is 0 Å². The first-order chi connectivity index (χ1) is 8.95. The molecule has 0 aliphatic heterocycles. The third kappa shape index (κ3) is 5.46. The summed E-state index contributed by atoms with van der Waals surface area (Å²) in [6.45, 7) is 4.58. The summed E-state index contributed by atoms with van der Waals surface area (Å²) >= 11 is 0. The molecule has 6 heteroatoms. The van der Waals surface area contributed by atoms with Crippen LogP contribution in [-0.2, 0) is 4.79 Å². The van der Waals surface area contributed by atoms with Gasteiger partial charge in [-0.1, -0.05) is 13.8 Å². The normalized spacial score (nSPS) is 16.2. The fourth-order valence-electron chi connectivity index (χ4n) is 1.85. The molecular formula is C13H24N2O4. The maximum atomic E-state index is 12.1. The van der Waals surface area contributed by atoms with Gasteiger partial charge < -0.3 is 20.4 Å². The molecule has 3 N–H and O–H groups in total. The standard InChI is InChI=1S/C13H24N2O4/c1-9(2)5-7-15(10-3-4-10)13(19)14-11(6-8-16)12(17)18/h9-11,16H,3-8H2,1-2H3,(H,14,19)(H,17,18)/t11-/m0/s1. The molecule has 110 valence electrons. The molecule has 0 aromatic carbocycles. The predicted octanol–water partition coefficient (Wildman–Crippen LogP) is 1.04. The summed E-state index contributed by atoms with van der Waals surface area (Å²) in [5.74, 6) is -0.608. The second kappa shape index (κ2) is 7.33. The third-order valence-corrected chi connectivity index (χ3v) is 3.21. The van der Waals surface area contributed by atoms with Crippen LogP contribution in [0.4, 0.5) is 4.79 Å². The number of carbonyl (C=O) groups excluding carboxylic acids is 1. The average Bonchev–Trinajstić information content (AvgIpc) is 3.12. The number of carboxylic acid groups (broad SMARTS) is 1. The summed E-state index contributed by atoms with van der Waals surface area (Å²) in [6.07, 6.45) is 2.91. The molecule has 0 unspecified atom stereocenters. The monoisotopic (exact) mass is 272 g/mol. The van der Waals surface area contributed by atoms with Crippen LogP contribution >= 0.6 is 0 Å². The number of rotatable bonds is 8. The Labute approximate surface area is 113 Å². The highest BCUT2D eigenvalue weighted by Crippen LogP contribution is 2.27. The van der Waals surface area contributed by atoms with Crippen molar-refractivity contribution in [1.29, 1.82) is 0 Å². The van der Waals surface area contributed by atoms with E-state index in [-0.39, 0.29) is 25.1 Å². The fraction of sp³-hybridized carbons (Fsp3) is 0.846. The zero-order valence-corrected chi connectivity index (χ0v) is 11.6. The maximum Gasteiger partial charge on any atom is 0.326 e. The number of aliphatic hydroxyl groups is 1. The minimum Gasteiger partial charge on any atom is -0.480 e. The number of nitrogens with one attached hydrogen (secondary N) is 1. The molecule has 0 saturated heterocycles. The first kappa shape index (κ1) is 15.8. The molecule has 0 heterocycles. The van der Waals surface area contributed by atoms with Gasteiger partial charge in [0.1, 0.15) is 6.04 Å². The van der Waals surface area contributed by atoms with Crippen molar-refractivity contribution in [1.82, 2.24) is 10.2 Å². The Bertz CT molecular complexity index is 316. The van der Waals surface area contributed by atoms with Crippen LogP contribution in [0.15, 0.2) is 0 Å². The molecule has 1 aliphatic carbocycles. The van der Waals surface area contributed by atoms with Gasteiger partial charge in [-0.05, 0) is 25.2 Å². The summed E-state index contributed by atoms with van der Waals surface area (Å²) in [7, 11) is 0. The van der Waals surface area contributed by atoms with Gasteiger partial charge in [-0.15, -0.1) is 0 Å². The number of urea groups is 1. The summed E-state index contributed by atoms with van der Waals surface area (Å²) in [4.78, 5) is 24.8. The lowest BCUT2D eigenvalue weighted by molar-refractivity contribution is -0.139. The molecule has 0 aromatic rings. The van der Waals surface area contributed by atoms with Crippen LogP contribution in [0.1, 0.15) is 39.5 Å². The first-order valence-electron chi connectivity index (χ1n) is 6.86. The molecule has 0 bridgehead atoms. The van der Waals surface area contributed by atoms with E-state index in [1.807, 2.05) is 0 Å². The molecule has 0 spiro atoms. The summed E-state index contributed by atoms with van der Waals surface area (Å²) < 4.78 is 0. The van der Waals surface area contributed by atoms with Crippen LogP contribution in [0.5, 0.6) is 0 Å². The van der Waals surface area contributed by atoms with Gasteiger partial charge in [0.25, 0.3) is 0 Å².